The average molecular weight is 363 g/mol. The normalized spacial score (nSPS) is 16.4. The first-order valence-electron chi connectivity index (χ1n) is 8.30. The Bertz CT molecular complexity index is 901. The van der Waals surface area contributed by atoms with E-state index < -0.39 is 28.6 Å². The van der Waals surface area contributed by atoms with Crippen molar-refractivity contribution < 1.29 is 23.4 Å². The third-order valence-corrected chi connectivity index (χ3v) is 4.80. The molecule has 5 nitrogen and oxygen atoms in total. The summed E-state index contributed by atoms with van der Waals surface area (Å²) in [4.78, 5) is 24.0. The van der Waals surface area contributed by atoms with Crippen LogP contribution in [0, 0.1) is 17.0 Å². The van der Waals surface area contributed by atoms with Crippen LogP contribution in [0.4, 0.5) is 8.78 Å². The summed E-state index contributed by atoms with van der Waals surface area (Å²) in [5.74, 6) is -3.06. The molecule has 26 heavy (non-hydrogen) atoms. The number of nitrogens with zero attached hydrogens (tertiary/aromatic N) is 1. The zero-order valence-corrected chi connectivity index (χ0v) is 14.3. The zero-order chi connectivity index (χ0) is 18.9. The molecule has 1 fully saturated rings. The Labute approximate surface area is 148 Å². The fourth-order valence-electron chi connectivity index (χ4n) is 3.24. The smallest absolute Gasteiger partial charge is 0.341 e. The lowest BCUT2D eigenvalue weighted by Crippen LogP contribution is -2.32. The molecule has 0 amide bonds. The number of hydrogen-bond donors (Lipinski definition) is 1. The van der Waals surface area contributed by atoms with Gasteiger partial charge in [-0.1, -0.05) is 6.92 Å². The van der Waals surface area contributed by atoms with Crippen LogP contribution in [0.15, 0.2) is 35.4 Å². The molecule has 0 unspecified atom stereocenters. The van der Waals surface area contributed by atoms with Gasteiger partial charge in [0.25, 0.3) is 0 Å². The van der Waals surface area contributed by atoms with Crippen LogP contribution >= 0.6 is 0 Å². The lowest BCUT2D eigenvalue weighted by molar-refractivity contribution is 0.0154. The second kappa shape index (κ2) is 6.99. The fourth-order valence-corrected chi connectivity index (χ4v) is 3.24. The number of carboxylic acids is 1. The minimum atomic E-state index is -1.38. The summed E-state index contributed by atoms with van der Waals surface area (Å²) in [7, 11) is 0. The van der Waals surface area contributed by atoms with E-state index in [-0.39, 0.29) is 16.5 Å². The summed E-state index contributed by atoms with van der Waals surface area (Å²) < 4.78 is 34.3. The van der Waals surface area contributed by atoms with Crippen molar-refractivity contribution in [3.8, 4) is 11.1 Å². The molecule has 0 aliphatic carbocycles. The lowest BCUT2D eigenvalue weighted by atomic mass is 9.82. The van der Waals surface area contributed by atoms with Crippen LogP contribution < -0.4 is 5.43 Å². The maximum atomic E-state index is 14.2. The van der Waals surface area contributed by atoms with E-state index in [0.717, 1.165) is 25.0 Å². The van der Waals surface area contributed by atoms with Gasteiger partial charge in [-0.05, 0) is 30.4 Å². The zero-order valence-electron chi connectivity index (χ0n) is 14.3. The SMILES string of the molecule is CC1(Cn2cc(C(=O)O)c(=O)c(-c3ccc(F)cc3F)c2)CCOCC1. The Morgan fingerprint density at radius 2 is 1.92 bits per heavy atom. The number of halogens is 2. The van der Waals surface area contributed by atoms with Gasteiger partial charge in [-0.3, -0.25) is 4.79 Å². The summed E-state index contributed by atoms with van der Waals surface area (Å²) in [6.45, 7) is 3.75. The summed E-state index contributed by atoms with van der Waals surface area (Å²) in [5.41, 5.74) is -1.58. The van der Waals surface area contributed by atoms with E-state index in [1.807, 2.05) is 0 Å². The van der Waals surface area contributed by atoms with E-state index in [1.165, 1.54) is 12.4 Å². The number of carbonyl (C=O) groups is 1. The first-order chi connectivity index (χ1) is 12.3. The maximum Gasteiger partial charge on any atom is 0.341 e. The van der Waals surface area contributed by atoms with E-state index in [0.29, 0.717) is 25.8 Å². The van der Waals surface area contributed by atoms with Gasteiger partial charge in [-0.25, -0.2) is 13.6 Å². The summed E-state index contributed by atoms with van der Waals surface area (Å²) >= 11 is 0. The molecular weight excluding hydrogens is 344 g/mol. The first kappa shape index (κ1) is 18.3. The Morgan fingerprint density at radius 1 is 1.23 bits per heavy atom. The topological polar surface area (TPSA) is 68.5 Å². The molecule has 2 aromatic rings. The standard InChI is InChI=1S/C19H19F2NO4/c1-19(4-6-26-7-5-19)11-22-9-14(17(23)15(10-22)18(24)25)13-3-2-12(20)8-16(13)21/h2-3,8-10H,4-7,11H2,1H3,(H,24,25). The molecule has 0 spiro atoms. The van der Waals surface area contributed by atoms with Crippen molar-refractivity contribution in [3.63, 3.8) is 0 Å². The molecule has 7 heteroatoms. The quantitative estimate of drug-likeness (QED) is 0.905. The van der Waals surface area contributed by atoms with Crippen molar-refractivity contribution >= 4 is 5.97 Å². The molecule has 0 atom stereocenters. The molecule has 0 bridgehead atoms. The molecule has 1 aliphatic heterocycles. The van der Waals surface area contributed by atoms with Gasteiger partial charge < -0.3 is 14.4 Å². The Morgan fingerprint density at radius 3 is 2.54 bits per heavy atom. The van der Waals surface area contributed by atoms with Gasteiger partial charge in [0, 0.05) is 49.3 Å². The maximum absolute atomic E-state index is 14.2. The van der Waals surface area contributed by atoms with Gasteiger partial charge in [0.05, 0.1) is 0 Å². The minimum Gasteiger partial charge on any atom is -0.477 e. The van der Waals surface area contributed by atoms with E-state index in [1.54, 1.807) is 4.57 Å². The molecule has 138 valence electrons. The van der Waals surface area contributed by atoms with Gasteiger partial charge in [-0.2, -0.15) is 0 Å². The third-order valence-electron chi connectivity index (χ3n) is 4.80. The number of rotatable bonds is 4. The Hall–Kier alpha value is -2.54. The second-order valence-electron chi connectivity index (χ2n) is 6.94. The number of ether oxygens (including phenoxy) is 1. The van der Waals surface area contributed by atoms with Crippen LogP contribution in [0.25, 0.3) is 11.1 Å². The van der Waals surface area contributed by atoms with Crippen molar-refractivity contribution in [2.45, 2.75) is 26.3 Å². The van der Waals surface area contributed by atoms with Crippen molar-refractivity contribution in [1.82, 2.24) is 4.57 Å². The van der Waals surface area contributed by atoms with E-state index >= 15 is 0 Å². The van der Waals surface area contributed by atoms with Crippen molar-refractivity contribution in [1.29, 1.82) is 0 Å². The first-order valence-corrected chi connectivity index (χ1v) is 8.30. The molecule has 0 saturated carbocycles. The van der Waals surface area contributed by atoms with Crippen LogP contribution in [0.2, 0.25) is 0 Å². The van der Waals surface area contributed by atoms with E-state index in [9.17, 15) is 23.5 Å². The molecule has 1 aliphatic rings. The Kier molecular flexibility index (Phi) is 4.91. The molecule has 2 heterocycles. The van der Waals surface area contributed by atoms with Crippen molar-refractivity contribution in [3.05, 3.63) is 58.0 Å². The minimum absolute atomic E-state index is 0.0990. The van der Waals surface area contributed by atoms with E-state index in [4.69, 9.17) is 4.74 Å². The number of benzene rings is 1. The molecule has 0 radical (unpaired) electrons. The summed E-state index contributed by atoms with van der Waals surface area (Å²) in [5, 5.41) is 9.36. The van der Waals surface area contributed by atoms with Gasteiger partial charge >= 0.3 is 5.97 Å². The van der Waals surface area contributed by atoms with Gasteiger partial charge in [0.1, 0.15) is 17.2 Å². The Balaban J connectivity index is 2.10. The van der Waals surface area contributed by atoms with E-state index in [2.05, 4.69) is 6.92 Å². The summed E-state index contributed by atoms with van der Waals surface area (Å²) in [6, 6.07) is 2.86. The summed E-state index contributed by atoms with van der Waals surface area (Å²) in [6.07, 6.45) is 4.30. The largest absolute Gasteiger partial charge is 0.477 e. The lowest BCUT2D eigenvalue weighted by Gasteiger charge is -2.34. The highest BCUT2D eigenvalue weighted by molar-refractivity contribution is 5.88. The average Bonchev–Trinajstić information content (AvgIpc) is 2.57. The number of hydrogen-bond acceptors (Lipinski definition) is 3. The number of carboxylic acid groups (broad SMARTS) is 1. The van der Waals surface area contributed by atoms with Gasteiger partial charge in [0.15, 0.2) is 0 Å². The predicted octanol–water partition coefficient (Wildman–Crippen LogP) is 3.31. The van der Waals surface area contributed by atoms with Crippen LogP contribution in [0.5, 0.6) is 0 Å². The van der Waals surface area contributed by atoms with Gasteiger partial charge in [-0.15, -0.1) is 0 Å². The molecule has 1 saturated heterocycles. The van der Waals surface area contributed by atoms with Crippen LogP contribution in [-0.4, -0.2) is 28.9 Å². The highest BCUT2D eigenvalue weighted by Crippen LogP contribution is 2.32. The number of aromatic carboxylic acids is 1. The van der Waals surface area contributed by atoms with Crippen molar-refractivity contribution in [2.24, 2.45) is 5.41 Å². The number of pyridine rings is 1. The highest BCUT2D eigenvalue weighted by Gasteiger charge is 2.28. The molecule has 3 rings (SSSR count). The second-order valence-corrected chi connectivity index (χ2v) is 6.94. The third kappa shape index (κ3) is 3.67. The number of aromatic nitrogens is 1. The molecular formula is C19H19F2NO4. The highest BCUT2D eigenvalue weighted by atomic mass is 19.1. The fraction of sp³-hybridized carbons (Fsp3) is 0.368. The predicted molar refractivity (Wildman–Crippen MR) is 91.2 cm³/mol. The van der Waals surface area contributed by atoms with Crippen LogP contribution in [0.1, 0.15) is 30.1 Å². The molecule has 1 aromatic heterocycles. The van der Waals surface area contributed by atoms with Gasteiger partial charge in [0.2, 0.25) is 5.43 Å². The van der Waals surface area contributed by atoms with Crippen LogP contribution in [-0.2, 0) is 11.3 Å². The van der Waals surface area contributed by atoms with Crippen LogP contribution in [0.3, 0.4) is 0 Å². The molecule has 1 N–H and O–H groups in total. The van der Waals surface area contributed by atoms with Crippen molar-refractivity contribution in [2.75, 3.05) is 13.2 Å². The monoisotopic (exact) mass is 363 g/mol. The molecule has 1 aromatic carbocycles.